The van der Waals surface area contributed by atoms with Gasteiger partial charge in [-0.2, -0.15) is 0 Å². The third-order valence-corrected chi connectivity index (χ3v) is 13.0. The zero-order valence-electron chi connectivity index (χ0n) is 31.5. The Bertz CT molecular complexity index is 2740. The van der Waals surface area contributed by atoms with Crippen LogP contribution in [0.1, 0.15) is 36.8 Å². The molecule has 10 rings (SSSR count). The van der Waals surface area contributed by atoms with Crippen LogP contribution in [0.25, 0.3) is 22.6 Å². The number of para-hydroxylation sites is 2. The molecular formula is C47H35ClFN3O7. The molecule has 4 aliphatic rings. The summed E-state index contributed by atoms with van der Waals surface area (Å²) < 4.78 is 26.2. The van der Waals surface area contributed by atoms with Gasteiger partial charge in [-0.3, -0.25) is 24.1 Å². The minimum absolute atomic E-state index is 0.0958. The van der Waals surface area contributed by atoms with Crippen LogP contribution in [0, 0.1) is 34.9 Å². The van der Waals surface area contributed by atoms with E-state index < -0.39 is 58.5 Å². The van der Waals surface area contributed by atoms with E-state index in [-0.39, 0.29) is 41.8 Å². The maximum atomic E-state index is 14.8. The van der Waals surface area contributed by atoms with Crippen LogP contribution in [0.15, 0.2) is 131 Å². The number of fused-ring (bicyclic) bond motifs is 5. The molecule has 3 fully saturated rings. The first-order chi connectivity index (χ1) is 28.5. The van der Waals surface area contributed by atoms with Gasteiger partial charge in [0.05, 0.1) is 39.6 Å². The van der Waals surface area contributed by atoms with E-state index in [9.17, 15) is 28.7 Å². The third-order valence-electron chi connectivity index (χ3n) is 12.7. The van der Waals surface area contributed by atoms with Gasteiger partial charge in [-0.15, -0.1) is 0 Å². The van der Waals surface area contributed by atoms with E-state index in [2.05, 4.69) is 4.98 Å². The summed E-state index contributed by atoms with van der Waals surface area (Å²) in [6.07, 6.45) is 2.23. The minimum Gasteiger partial charge on any atom is -0.508 e. The predicted molar refractivity (Wildman–Crippen MR) is 217 cm³/mol. The predicted octanol–water partition coefficient (Wildman–Crippen LogP) is 9.01. The van der Waals surface area contributed by atoms with Crippen molar-refractivity contribution in [3.8, 4) is 23.0 Å². The number of aromatic hydroxyl groups is 1. The van der Waals surface area contributed by atoms with Crippen LogP contribution in [0.5, 0.6) is 11.5 Å². The molecule has 6 unspecified atom stereocenters. The number of phenols is 1. The van der Waals surface area contributed by atoms with Gasteiger partial charge in [0.1, 0.15) is 29.4 Å². The molecule has 0 bridgehead atoms. The van der Waals surface area contributed by atoms with Crippen LogP contribution in [0.3, 0.4) is 0 Å². The van der Waals surface area contributed by atoms with E-state index in [1.54, 1.807) is 43.3 Å². The molecule has 4 amide bonds. The van der Waals surface area contributed by atoms with Gasteiger partial charge < -0.3 is 14.3 Å². The molecule has 59 heavy (non-hydrogen) atoms. The van der Waals surface area contributed by atoms with Gasteiger partial charge in [0.15, 0.2) is 5.58 Å². The lowest BCUT2D eigenvalue weighted by molar-refractivity contribution is -0.131. The molecule has 6 atom stereocenters. The van der Waals surface area contributed by atoms with Crippen molar-refractivity contribution < 1.29 is 37.8 Å². The number of hydrogen-bond donors (Lipinski definition) is 1. The standard InChI is InChI=1S/C47H35ClFN3O7/c1-47-34(44(55)52(46(47)57)28-15-20-36(49)35(48)21-28)23-33-30(41(47)31-17-16-29(22-38(31)53)58-24-25-7-3-2-4-8-25)18-19-32-40(33)45(56)51(43(32)54)27-13-11-26(12-14-27)42-50-37-9-5-6-10-39(37)59-42/h2-18,20-22,32-34,40-41,53H,19,23-24H2,1H3. The highest BCUT2D eigenvalue weighted by Crippen LogP contribution is 2.64. The van der Waals surface area contributed by atoms with Crippen LogP contribution in [0.2, 0.25) is 5.02 Å². The molecule has 1 saturated carbocycles. The van der Waals surface area contributed by atoms with Crippen LogP contribution in [-0.2, 0) is 25.8 Å². The van der Waals surface area contributed by atoms with E-state index in [1.807, 2.05) is 60.7 Å². The smallest absolute Gasteiger partial charge is 0.241 e. The van der Waals surface area contributed by atoms with E-state index in [1.165, 1.54) is 23.1 Å². The van der Waals surface area contributed by atoms with E-state index in [0.29, 0.717) is 45.1 Å². The molecule has 3 heterocycles. The topological polar surface area (TPSA) is 130 Å². The maximum Gasteiger partial charge on any atom is 0.241 e. The average molecular weight is 808 g/mol. The SMILES string of the molecule is CC12C(=O)N(c3ccc(F)c(Cl)c3)C(=O)C1CC1C(=CCC3C(=O)N(c4ccc(-c5nc6ccccc6o5)cc4)C(=O)C31)C2c1ccc(OCc2ccccc2)cc1O. The molecule has 294 valence electrons. The summed E-state index contributed by atoms with van der Waals surface area (Å²) in [6, 6.07) is 32.4. The van der Waals surface area contributed by atoms with Gasteiger partial charge in [0.2, 0.25) is 29.5 Å². The second-order valence-corrected chi connectivity index (χ2v) is 16.2. The zero-order chi connectivity index (χ0) is 40.7. The van der Waals surface area contributed by atoms with Crippen molar-refractivity contribution in [2.45, 2.75) is 32.3 Å². The normalized spacial score (nSPS) is 24.9. The Morgan fingerprint density at radius 1 is 0.847 bits per heavy atom. The number of allylic oxidation sites excluding steroid dienone is 2. The Labute approximate surface area is 342 Å². The number of ether oxygens (including phenoxy) is 1. The largest absolute Gasteiger partial charge is 0.508 e. The molecule has 2 saturated heterocycles. The molecule has 2 aliphatic carbocycles. The van der Waals surface area contributed by atoms with E-state index in [4.69, 9.17) is 20.8 Å². The van der Waals surface area contributed by atoms with Gasteiger partial charge >= 0.3 is 0 Å². The lowest BCUT2D eigenvalue weighted by Crippen LogP contribution is -2.48. The highest BCUT2D eigenvalue weighted by Gasteiger charge is 2.68. The summed E-state index contributed by atoms with van der Waals surface area (Å²) in [7, 11) is 0. The molecule has 5 aromatic carbocycles. The minimum atomic E-state index is -1.44. The quantitative estimate of drug-likeness (QED) is 0.125. The number of phenolic OH excluding ortho intramolecular Hbond substituents is 1. The summed E-state index contributed by atoms with van der Waals surface area (Å²) in [6.45, 7) is 1.97. The molecule has 2 aliphatic heterocycles. The Balaban J connectivity index is 1.02. The molecule has 1 aromatic heterocycles. The van der Waals surface area contributed by atoms with Crippen molar-refractivity contribution in [2.75, 3.05) is 9.80 Å². The highest BCUT2D eigenvalue weighted by atomic mass is 35.5. The van der Waals surface area contributed by atoms with E-state index >= 15 is 0 Å². The van der Waals surface area contributed by atoms with Crippen LogP contribution in [-0.4, -0.2) is 33.7 Å². The van der Waals surface area contributed by atoms with Crippen LogP contribution in [0.4, 0.5) is 15.8 Å². The first-order valence-corrected chi connectivity index (χ1v) is 19.8. The number of aromatic nitrogens is 1. The van der Waals surface area contributed by atoms with Crippen molar-refractivity contribution in [2.24, 2.45) is 29.1 Å². The van der Waals surface area contributed by atoms with Crippen molar-refractivity contribution in [3.63, 3.8) is 0 Å². The third kappa shape index (κ3) is 5.70. The molecule has 6 aromatic rings. The summed E-state index contributed by atoms with van der Waals surface area (Å²) in [5.74, 6) is -5.89. The fourth-order valence-electron chi connectivity index (χ4n) is 9.83. The molecular weight excluding hydrogens is 773 g/mol. The zero-order valence-corrected chi connectivity index (χ0v) is 32.3. The number of nitrogens with zero attached hydrogens (tertiary/aromatic N) is 3. The summed E-state index contributed by atoms with van der Waals surface area (Å²) in [5.41, 5.74) is 3.10. The average Bonchev–Trinajstić information content (AvgIpc) is 3.85. The Morgan fingerprint density at radius 2 is 1.59 bits per heavy atom. The van der Waals surface area contributed by atoms with Gasteiger partial charge in [0.25, 0.3) is 0 Å². The van der Waals surface area contributed by atoms with Gasteiger partial charge in [-0.05, 0) is 91.9 Å². The lowest BCUT2D eigenvalue weighted by atomic mass is 9.51. The lowest BCUT2D eigenvalue weighted by Gasteiger charge is -2.49. The maximum absolute atomic E-state index is 14.8. The van der Waals surface area contributed by atoms with Gasteiger partial charge in [-0.25, -0.2) is 14.3 Å². The number of halogens is 2. The Morgan fingerprint density at radius 3 is 2.34 bits per heavy atom. The van der Waals surface area contributed by atoms with Crippen molar-refractivity contribution in [3.05, 3.63) is 149 Å². The molecule has 12 heteroatoms. The number of benzene rings is 5. The molecule has 0 spiro atoms. The molecule has 0 radical (unpaired) electrons. The van der Waals surface area contributed by atoms with Crippen molar-refractivity contribution in [1.82, 2.24) is 4.98 Å². The number of anilines is 2. The number of rotatable bonds is 7. The number of amides is 4. The summed E-state index contributed by atoms with van der Waals surface area (Å²) in [5, 5.41) is 11.5. The number of hydrogen-bond acceptors (Lipinski definition) is 8. The first kappa shape index (κ1) is 36.7. The second-order valence-electron chi connectivity index (χ2n) is 15.8. The highest BCUT2D eigenvalue weighted by molar-refractivity contribution is 6.32. The fraction of sp³-hybridized carbons (Fsp3) is 0.213. The fourth-order valence-corrected chi connectivity index (χ4v) is 10.0. The summed E-state index contributed by atoms with van der Waals surface area (Å²) in [4.78, 5) is 65.1. The first-order valence-electron chi connectivity index (χ1n) is 19.4. The van der Waals surface area contributed by atoms with Gasteiger partial charge in [-0.1, -0.05) is 71.8 Å². The Kier molecular flexibility index (Phi) is 8.57. The summed E-state index contributed by atoms with van der Waals surface area (Å²) >= 11 is 6.15. The number of oxazole rings is 1. The number of carbonyl (C=O) groups excluding carboxylic acids is 4. The number of imide groups is 2. The Hall–Kier alpha value is -6.59. The molecule has 1 N–H and O–H groups in total. The molecule has 10 nitrogen and oxygen atoms in total. The van der Waals surface area contributed by atoms with Crippen molar-refractivity contribution in [1.29, 1.82) is 0 Å². The van der Waals surface area contributed by atoms with Crippen molar-refractivity contribution >= 4 is 57.7 Å². The van der Waals surface area contributed by atoms with Crippen LogP contribution < -0.4 is 14.5 Å². The monoisotopic (exact) mass is 807 g/mol. The number of carbonyl (C=O) groups is 4. The van der Waals surface area contributed by atoms with Crippen LogP contribution >= 0.6 is 11.6 Å². The van der Waals surface area contributed by atoms with Gasteiger partial charge in [0, 0.05) is 23.1 Å². The second kappa shape index (κ2) is 13.8. The van der Waals surface area contributed by atoms with E-state index in [0.717, 1.165) is 16.5 Å².